The van der Waals surface area contributed by atoms with Crippen molar-refractivity contribution in [2.75, 3.05) is 0 Å². The minimum Gasteiger partial charge on any atom is -0.478 e. The second kappa shape index (κ2) is 5.01. The van der Waals surface area contributed by atoms with E-state index in [1.165, 1.54) is 0 Å². The van der Waals surface area contributed by atoms with Crippen LogP contribution in [0.15, 0.2) is 0 Å². The fourth-order valence-corrected chi connectivity index (χ4v) is 2.05. The highest BCUT2D eigenvalue weighted by Gasteiger charge is 2.32. The molecule has 0 unspecified atom stereocenters. The average Bonchev–Trinajstić information content (AvgIpc) is 2.23. The van der Waals surface area contributed by atoms with E-state index < -0.39 is 49.7 Å². The van der Waals surface area contributed by atoms with E-state index in [0.717, 1.165) is 0 Å². The molecule has 0 saturated heterocycles. The van der Waals surface area contributed by atoms with Gasteiger partial charge in [0.2, 0.25) is 0 Å². The smallest absolute Gasteiger partial charge is 0.338 e. The fraction of sp³-hybridized carbons (Fsp3) is 0. The summed E-state index contributed by atoms with van der Waals surface area (Å²) >= 11 is 16.7. The molecule has 1 aromatic carbocycles. The third-order valence-corrected chi connectivity index (χ3v) is 3.29. The standard InChI is InChI=1S/C9H3Cl3O6/c10-4-2(8(15)16)1(7(13)14)3(9(17)18)5(11)6(4)12/h(H,13,14)(H,15,16)(H,17,18). The number of aromatic carboxylic acids is 3. The van der Waals surface area contributed by atoms with Crippen LogP contribution in [0, 0.1) is 0 Å². The summed E-state index contributed by atoms with van der Waals surface area (Å²) in [6.07, 6.45) is 0. The summed E-state index contributed by atoms with van der Waals surface area (Å²) in [6, 6.07) is 0. The van der Waals surface area contributed by atoms with Gasteiger partial charge in [-0.2, -0.15) is 0 Å². The molecule has 9 heteroatoms. The van der Waals surface area contributed by atoms with Crippen LogP contribution in [0.5, 0.6) is 0 Å². The molecule has 0 aliphatic heterocycles. The van der Waals surface area contributed by atoms with Gasteiger partial charge in [-0.05, 0) is 0 Å². The second-order valence-electron chi connectivity index (χ2n) is 2.98. The summed E-state index contributed by atoms with van der Waals surface area (Å²) in [4.78, 5) is 32.9. The molecule has 0 radical (unpaired) electrons. The molecule has 0 atom stereocenters. The summed E-state index contributed by atoms with van der Waals surface area (Å²) in [5, 5.41) is 24.9. The number of benzene rings is 1. The third kappa shape index (κ3) is 2.22. The zero-order valence-electron chi connectivity index (χ0n) is 8.20. The Morgan fingerprint density at radius 1 is 0.611 bits per heavy atom. The maximum atomic E-state index is 11.0. The second-order valence-corrected chi connectivity index (χ2v) is 4.12. The molecule has 0 saturated carbocycles. The van der Waals surface area contributed by atoms with Crippen LogP contribution in [-0.4, -0.2) is 33.2 Å². The number of carbonyl (C=O) groups is 3. The molecule has 0 aliphatic rings. The Morgan fingerprint density at radius 2 is 0.889 bits per heavy atom. The molecule has 3 N–H and O–H groups in total. The van der Waals surface area contributed by atoms with E-state index in [0.29, 0.717) is 0 Å². The third-order valence-electron chi connectivity index (χ3n) is 1.97. The minimum atomic E-state index is -1.79. The fourth-order valence-electron chi connectivity index (χ4n) is 1.28. The molecule has 6 nitrogen and oxygen atoms in total. The number of carboxylic acid groups (broad SMARTS) is 3. The van der Waals surface area contributed by atoms with Gasteiger partial charge in [0.1, 0.15) is 0 Å². The van der Waals surface area contributed by atoms with Crippen LogP contribution in [0.3, 0.4) is 0 Å². The van der Waals surface area contributed by atoms with Crippen LogP contribution in [0.25, 0.3) is 0 Å². The molecule has 0 aliphatic carbocycles. The van der Waals surface area contributed by atoms with Crippen LogP contribution in [-0.2, 0) is 0 Å². The van der Waals surface area contributed by atoms with Gasteiger partial charge in [-0.3, -0.25) is 0 Å². The minimum absolute atomic E-state index is 0.530. The lowest BCUT2D eigenvalue weighted by Gasteiger charge is -2.11. The molecule has 0 fully saturated rings. The monoisotopic (exact) mass is 312 g/mol. The highest BCUT2D eigenvalue weighted by molar-refractivity contribution is 6.51. The summed E-state index contributed by atoms with van der Waals surface area (Å²) < 4.78 is 0. The summed E-state index contributed by atoms with van der Waals surface area (Å²) in [5.41, 5.74) is -2.86. The van der Waals surface area contributed by atoms with Crippen molar-refractivity contribution in [3.63, 3.8) is 0 Å². The lowest BCUT2D eigenvalue weighted by atomic mass is 10.0. The van der Waals surface area contributed by atoms with Crippen LogP contribution < -0.4 is 0 Å². The molecule has 0 bridgehead atoms. The van der Waals surface area contributed by atoms with Gasteiger partial charge < -0.3 is 15.3 Å². The molecule has 1 aromatic rings. The molecule has 96 valence electrons. The van der Waals surface area contributed by atoms with Gasteiger partial charge in [0.05, 0.1) is 31.8 Å². The zero-order chi connectivity index (χ0) is 14.2. The van der Waals surface area contributed by atoms with E-state index in [4.69, 9.17) is 50.1 Å². The summed E-state index contributed by atoms with van der Waals surface area (Å²) in [5.74, 6) is -5.23. The number of carboxylic acids is 3. The average molecular weight is 313 g/mol. The van der Waals surface area contributed by atoms with Gasteiger partial charge in [0, 0.05) is 0 Å². The first-order valence-corrected chi connectivity index (χ1v) is 5.23. The van der Waals surface area contributed by atoms with Gasteiger partial charge in [0.25, 0.3) is 0 Å². The maximum Gasteiger partial charge on any atom is 0.338 e. The summed E-state index contributed by atoms with van der Waals surface area (Å²) in [7, 11) is 0. The Labute approximate surface area is 114 Å². The highest BCUT2D eigenvalue weighted by Crippen LogP contribution is 2.39. The molecule has 0 spiro atoms. The van der Waals surface area contributed by atoms with Crippen LogP contribution in [0.1, 0.15) is 31.1 Å². The van der Waals surface area contributed by atoms with Crippen molar-refractivity contribution >= 4 is 52.7 Å². The first-order chi connectivity index (χ1) is 8.20. The topological polar surface area (TPSA) is 112 Å². The predicted molar refractivity (Wildman–Crippen MR) is 62.3 cm³/mol. The Bertz CT molecular complexity index is 539. The molecule has 0 aromatic heterocycles. The maximum absolute atomic E-state index is 11.0. The van der Waals surface area contributed by atoms with E-state index in [9.17, 15) is 14.4 Å². The van der Waals surface area contributed by atoms with Gasteiger partial charge in [-0.15, -0.1) is 0 Å². The van der Waals surface area contributed by atoms with Crippen molar-refractivity contribution < 1.29 is 29.7 Å². The lowest BCUT2D eigenvalue weighted by molar-refractivity contribution is 0.0633. The Kier molecular flexibility index (Phi) is 4.05. The van der Waals surface area contributed by atoms with Crippen molar-refractivity contribution in [1.29, 1.82) is 0 Å². The van der Waals surface area contributed by atoms with Gasteiger partial charge in [-0.1, -0.05) is 34.8 Å². The molecular formula is C9H3Cl3O6. The van der Waals surface area contributed by atoms with Crippen molar-refractivity contribution in [2.45, 2.75) is 0 Å². The summed E-state index contributed by atoms with van der Waals surface area (Å²) in [6.45, 7) is 0. The number of rotatable bonds is 3. The highest BCUT2D eigenvalue weighted by atomic mass is 35.5. The molecule has 0 heterocycles. The van der Waals surface area contributed by atoms with Gasteiger partial charge in [0.15, 0.2) is 0 Å². The van der Waals surface area contributed by atoms with Crippen LogP contribution >= 0.6 is 34.8 Å². The number of halogens is 3. The predicted octanol–water partition coefficient (Wildman–Crippen LogP) is 2.74. The van der Waals surface area contributed by atoms with Crippen LogP contribution in [0.4, 0.5) is 0 Å². The Balaban J connectivity index is 3.99. The van der Waals surface area contributed by atoms with Crippen molar-refractivity contribution in [2.24, 2.45) is 0 Å². The quantitative estimate of drug-likeness (QED) is 0.740. The first-order valence-electron chi connectivity index (χ1n) is 4.10. The number of hydrogen-bond donors (Lipinski definition) is 3. The van der Waals surface area contributed by atoms with E-state index in [-0.39, 0.29) is 0 Å². The SMILES string of the molecule is O=C(O)c1c(Cl)c(Cl)c(Cl)c(C(=O)O)c1C(=O)O. The van der Waals surface area contributed by atoms with Crippen LogP contribution in [0.2, 0.25) is 15.1 Å². The zero-order valence-corrected chi connectivity index (χ0v) is 10.5. The lowest BCUT2D eigenvalue weighted by Crippen LogP contribution is -2.16. The molecule has 18 heavy (non-hydrogen) atoms. The van der Waals surface area contributed by atoms with E-state index in [1.807, 2.05) is 0 Å². The van der Waals surface area contributed by atoms with Gasteiger partial charge in [-0.25, -0.2) is 14.4 Å². The van der Waals surface area contributed by atoms with E-state index >= 15 is 0 Å². The van der Waals surface area contributed by atoms with Crippen molar-refractivity contribution in [3.05, 3.63) is 31.8 Å². The van der Waals surface area contributed by atoms with E-state index in [2.05, 4.69) is 0 Å². The number of hydrogen-bond acceptors (Lipinski definition) is 3. The van der Waals surface area contributed by atoms with E-state index in [1.54, 1.807) is 0 Å². The Morgan fingerprint density at radius 3 is 1.11 bits per heavy atom. The first kappa shape index (κ1) is 14.6. The molecule has 0 amide bonds. The largest absolute Gasteiger partial charge is 0.478 e. The molecular weight excluding hydrogens is 310 g/mol. The normalized spacial score (nSPS) is 10.2. The van der Waals surface area contributed by atoms with Crippen molar-refractivity contribution in [1.82, 2.24) is 0 Å². The Hall–Kier alpha value is -1.50. The van der Waals surface area contributed by atoms with Crippen molar-refractivity contribution in [3.8, 4) is 0 Å². The molecule has 1 rings (SSSR count). The van der Waals surface area contributed by atoms with Gasteiger partial charge >= 0.3 is 17.9 Å².